The van der Waals surface area contributed by atoms with Crippen molar-refractivity contribution in [1.82, 2.24) is 15.1 Å². The fraction of sp³-hybridized carbons (Fsp3) is 0.357. The molecule has 6 heteroatoms. The van der Waals surface area contributed by atoms with Gasteiger partial charge in [0.25, 0.3) is 0 Å². The summed E-state index contributed by atoms with van der Waals surface area (Å²) in [6, 6.07) is 10.5. The molecule has 1 unspecified atom stereocenters. The number of carbonyl (C=O) groups is 1. The molecule has 2 amide bonds. The van der Waals surface area contributed by atoms with Gasteiger partial charge in [0.05, 0.1) is 0 Å². The lowest BCUT2D eigenvalue weighted by Crippen LogP contribution is -2.39. The van der Waals surface area contributed by atoms with Gasteiger partial charge in [0.15, 0.2) is 0 Å². The van der Waals surface area contributed by atoms with Crippen molar-refractivity contribution in [3.05, 3.63) is 41.4 Å². The van der Waals surface area contributed by atoms with Crippen molar-refractivity contribution in [3.63, 3.8) is 0 Å². The first-order valence-corrected chi connectivity index (χ1v) is 7.58. The minimum absolute atomic E-state index is 0.0693. The molecule has 1 aliphatic heterocycles. The highest BCUT2D eigenvalue weighted by atomic mass is 32.1. The second-order valence-corrected chi connectivity index (χ2v) is 5.69. The molecule has 0 radical (unpaired) electrons. The second kappa shape index (κ2) is 6.00. The Morgan fingerprint density at radius 2 is 2.25 bits per heavy atom. The molecule has 0 aliphatic carbocycles. The van der Waals surface area contributed by atoms with Crippen LogP contribution in [-0.4, -0.2) is 33.7 Å². The number of carbonyl (C=O) groups excluding carboxylic acids is 1. The monoisotopic (exact) mass is 288 g/mol. The number of nitrogens with zero attached hydrogens (tertiary/aromatic N) is 3. The third-order valence-electron chi connectivity index (χ3n) is 3.53. The van der Waals surface area contributed by atoms with E-state index in [0.29, 0.717) is 5.13 Å². The summed E-state index contributed by atoms with van der Waals surface area (Å²) in [7, 11) is 0. The van der Waals surface area contributed by atoms with E-state index in [9.17, 15) is 4.79 Å². The van der Waals surface area contributed by atoms with Crippen LogP contribution < -0.4 is 5.32 Å². The lowest BCUT2D eigenvalue weighted by Gasteiger charge is -2.24. The Morgan fingerprint density at radius 3 is 3.00 bits per heavy atom. The van der Waals surface area contributed by atoms with Crippen molar-refractivity contribution in [2.45, 2.75) is 25.3 Å². The van der Waals surface area contributed by atoms with Crippen molar-refractivity contribution < 1.29 is 4.79 Å². The van der Waals surface area contributed by atoms with E-state index in [-0.39, 0.29) is 12.1 Å². The number of amides is 2. The van der Waals surface area contributed by atoms with Crippen LogP contribution in [-0.2, 0) is 6.42 Å². The molecule has 1 atom stereocenters. The first-order chi connectivity index (χ1) is 9.83. The Kier molecular flexibility index (Phi) is 3.92. The van der Waals surface area contributed by atoms with Gasteiger partial charge in [0.1, 0.15) is 5.51 Å². The number of rotatable bonds is 3. The maximum atomic E-state index is 12.3. The largest absolute Gasteiger partial charge is 0.323 e. The van der Waals surface area contributed by atoms with Gasteiger partial charge in [0.2, 0.25) is 5.13 Å². The van der Waals surface area contributed by atoms with E-state index >= 15 is 0 Å². The molecule has 0 spiro atoms. The molecule has 0 bridgehead atoms. The summed E-state index contributed by atoms with van der Waals surface area (Å²) in [6.45, 7) is 0.808. The quantitative estimate of drug-likeness (QED) is 0.944. The predicted octanol–water partition coefficient (Wildman–Crippen LogP) is 2.78. The standard InChI is InChI=1S/C14H16N4OS/c19-14(16-13-17-15-10-20-13)18-8-4-7-12(18)9-11-5-2-1-3-6-11/h1-3,5-6,10,12H,4,7-9H2,(H,16,17,19). The van der Waals surface area contributed by atoms with E-state index in [0.717, 1.165) is 25.8 Å². The molecule has 1 aromatic heterocycles. The molecule has 2 aromatic rings. The van der Waals surface area contributed by atoms with Gasteiger partial charge in [-0.1, -0.05) is 41.7 Å². The summed E-state index contributed by atoms with van der Waals surface area (Å²) < 4.78 is 0. The van der Waals surface area contributed by atoms with Crippen LogP contribution in [0.4, 0.5) is 9.93 Å². The van der Waals surface area contributed by atoms with E-state index in [1.54, 1.807) is 5.51 Å². The average Bonchev–Trinajstić information content (AvgIpc) is 3.11. The highest BCUT2D eigenvalue weighted by Gasteiger charge is 2.29. The van der Waals surface area contributed by atoms with Gasteiger partial charge in [-0.3, -0.25) is 5.32 Å². The van der Waals surface area contributed by atoms with E-state index in [1.165, 1.54) is 16.9 Å². The summed E-state index contributed by atoms with van der Waals surface area (Å²) in [4.78, 5) is 14.2. The minimum Gasteiger partial charge on any atom is -0.321 e. The highest BCUT2D eigenvalue weighted by Crippen LogP contribution is 2.22. The number of aromatic nitrogens is 2. The molecule has 1 saturated heterocycles. The number of benzene rings is 1. The van der Waals surface area contributed by atoms with Crippen LogP contribution in [0.25, 0.3) is 0 Å². The molecule has 1 fully saturated rings. The zero-order chi connectivity index (χ0) is 13.8. The Bertz CT molecular complexity index is 558. The Morgan fingerprint density at radius 1 is 1.40 bits per heavy atom. The number of anilines is 1. The topological polar surface area (TPSA) is 58.1 Å². The SMILES string of the molecule is O=C(Nc1nncs1)N1CCCC1Cc1ccccc1. The van der Waals surface area contributed by atoms with Crippen LogP contribution in [0, 0.1) is 0 Å². The molecule has 1 aliphatic rings. The van der Waals surface area contributed by atoms with E-state index in [2.05, 4.69) is 27.6 Å². The van der Waals surface area contributed by atoms with Gasteiger partial charge in [-0.25, -0.2) is 4.79 Å². The van der Waals surface area contributed by atoms with Crippen LogP contribution in [0.1, 0.15) is 18.4 Å². The number of urea groups is 1. The van der Waals surface area contributed by atoms with Crippen molar-refractivity contribution in [1.29, 1.82) is 0 Å². The number of hydrogen-bond donors (Lipinski definition) is 1. The average molecular weight is 288 g/mol. The maximum absolute atomic E-state index is 12.3. The van der Waals surface area contributed by atoms with E-state index in [4.69, 9.17) is 0 Å². The molecule has 5 nitrogen and oxygen atoms in total. The van der Waals surface area contributed by atoms with Crippen molar-refractivity contribution in [2.75, 3.05) is 11.9 Å². The molecule has 0 saturated carbocycles. The van der Waals surface area contributed by atoms with Crippen molar-refractivity contribution in [3.8, 4) is 0 Å². The number of hydrogen-bond acceptors (Lipinski definition) is 4. The smallest absolute Gasteiger partial charge is 0.321 e. The van der Waals surface area contributed by atoms with E-state index < -0.39 is 0 Å². The summed E-state index contributed by atoms with van der Waals surface area (Å²) in [5.74, 6) is 0. The summed E-state index contributed by atoms with van der Waals surface area (Å²) in [5, 5.41) is 10.9. The number of nitrogens with one attached hydrogen (secondary N) is 1. The summed E-state index contributed by atoms with van der Waals surface area (Å²) in [5.41, 5.74) is 2.88. The molecule has 20 heavy (non-hydrogen) atoms. The lowest BCUT2D eigenvalue weighted by molar-refractivity contribution is 0.206. The Balaban J connectivity index is 1.64. The van der Waals surface area contributed by atoms with Crippen molar-refractivity contribution >= 4 is 22.5 Å². The fourth-order valence-corrected chi connectivity index (χ4v) is 3.03. The summed E-state index contributed by atoms with van der Waals surface area (Å²) >= 11 is 1.33. The zero-order valence-electron chi connectivity index (χ0n) is 11.0. The highest BCUT2D eigenvalue weighted by molar-refractivity contribution is 7.13. The molecule has 2 heterocycles. The molecular formula is C14H16N4OS. The van der Waals surface area contributed by atoms with Gasteiger partial charge in [-0.2, -0.15) is 0 Å². The van der Waals surface area contributed by atoms with Crippen LogP contribution in [0.15, 0.2) is 35.8 Å². The maximum Gasteiger partial charge on any atom is 0.323 e. The van der Waals surface area contributed by atoms with Gasteiger partial charge in [0, 0.05) is 12.6 Å². The Hall–Kier alpha value is -1.95. The van der Waals surface area contributed by atoms with Crippen molar-refractivity contribution in [2.24, 2.45) is 0 Å². The fourth-order valence-electron chi connectivity index (χ4n) is 2.59. The van der Waals surface area contributed by atoms with Crippen LogP contribution in [0.5, 0.6) is 0 Å². The van der Waals surface area contributed by atoms with Gasteiger partial charge >= 0.3 is 6.03 Å². The third-order valence-corrected chi connectivity index (χ3v) is 4.13. The molecule has 3 rings (SSSR count). The minimum atomic E-state index is -0.0693. The molecule has 1 N–H and O–H groups in total. The second-order valence-electron chi connectivity index (χ2n) is 4.85. The third kappa shape index (κ3) is 2.96. The van der Waals surface area contributed by atoms with Crippen LogP contribution in [0.3, 0.4) is 0 Å². The van der Waals surface area contributed by atoms with Crippen LogP contribution in [0.2, 0.25) is 0 Å². The summed E-state index contributed by atoms with van der Waals surface area (Å²) in [6.07, 6.45) is 3.02. The zero-order valence-corrected chi connectivity index (χ0v) is 11.8. The van der Waals surface area contributed by atoms with Gasteiger partial charge in [-0.15, -0.1) is 10.2 Å². The Labute approximate surface area is 121 Å². The predicted molar refractivity (Wildman–Crippen MR) is 78.8 cm³/mol. The molecule has 104 valence electrons. The first-order valence-electron chi connectivity index (χ1n) is 6.70. The molecule has 1 aromatic carbocycles. The van der Waals surface area contributed by atoms with Crippen LogP contribution >= 0.6 is 11.3 Å². The van der Waals surface area contributed by atoms with Gasteiger partial charge < -0.3 is 4.90 Å². The first kappa shape index (κ1) is 13.1. The molecular weight excluding hydrogens is 272 g/mol. The van der Waals surface area contributed by atoms with E-state index in [1.807, 2.05) is 23.1 Å². The van der Waals surface area contributed by atoms with Gasteiger partial charge in [-0.05, 0) is 24.8 Å². The normalized spacial score (nSPS) is 18.2. The number of likely N-dealkylation sites (tertiary alicyclic amines) is 1. The lowest BCUT2D eigenvalue weighted by atomic mass is 10.0.